The van der Waals surface area contributed by atoms with Crippen LogP contribution < -0.4 is 10.6 Å². The van der Waals surface area contributed by atoms with Crippen LogP contribution in [0, 0.1) is 5.92 Å². The number of nitrogens with one attached hydrogen (secondary N) is 2. The van der Waals surface area contributed by atoms with Crippen LogP contribution in [0.5, 0.6) is 0 Å². The Hall–Kier alpha value is -3.43. The van der Waals surface area contributed by atoms with Gasteiger partial charge in [0.2, 0.25) is 5.91 Å². The van der Waals surface area contributed by atoms with E-state index >= 15 is 0 Å². The van der Waals surface area contributed by atoms with Gasteiger partial charge in [0.15, 0.2) is 6.10 Å². The Morgan fingerprint density at radius 1 is 1.03 bits per heavy atom. The molecule has 3 atom stereocenters. The third-order valence-electron chi connectivity index (χ3n) is 6.07. The lowest BCUT2D eigenvalue weighted by Crippen LogP contribution is -2.47. The summed E-state index contributed by atoms with van der Waals surface area (Å²) in [7, 11) is 0. The number of aliphatic hydroxyl groups is 1. The van der Waals surface area contributed by atoms with Crippen molar-refractivity contribution >= 4 is 18.0 Å². The van der Waals surface area contributed by atoms with Gasteiger partial charge in [-0.25, -0.2) is 9.59 Å². The highest BCUT2D eigenvalue weighted by Crippen LogP contribution is 2.44. The summed E-state index contributed by atoms with van der Waals surface area (Å²) in [4.78, 5) is 35.6. The molecule has 1 saturated heterocycles. The first-order valence-electron chi connectivity index (χ1n) is 10.8. The molecule has 4 N–H and O–H groups in total. The number of fused-ring (bicyclic) bond motifs is 3. The molecule has 1 aliphatic heterocycles. The molecule has 0 spiro atoms. The predicted molar refractivity (Wildman–Crippen MR) is 118 cm³/mol. The largest absolute Gasteiger partial charge is 0.479 e. The minimum atomic E-state index is -1.54. The number of aliphatic hydroxyl groups excluding tert-OH is 1. The second-order valence-electron chi connectivity index (χ2n) is 8.15. The van der Waals surface area contributed by atoms with E-state index in [9.17, 15) is 19.5 Å². The van der Waals surface area contributed by atoms with Crippen LogP contribution in [0.3, 0.4) is 0 Å². The van der Waals surface area contributed by atoms with E-state index in [2.05, 4.69) is 22.8 Å². The third kappa shape index (κ3) is 4.99. The monoisotopic (exact) mass is 454 g/mol. The van der Waals surface area contributed by atoms with Crippen LogP contribution in [0.25, 0.3) is 11.1 Å². The Bertz CT molecular complexity index is 995. The first-order chi connectivity index (χ1) is 16.0. The summed E-state index contributed by atoms with van der Waals surface area (Å²) in [6.45, 7) is 0.458. The maximum atomic E-state index is 12.5. The Morgan fingerprint density at radius 2 is 1.67 bits per heavy atom. The smallest absolute Gasteiger partial charge is 0.407 e. The molecule has 9 nitrogen and oxygen atoms in total. The number of rotatable bonds is 8. The number of aliphatic carboxylic acids is 1. The summed E-state index contributed by atoms with van der Waals surface area (Å²) in [5, 5.41) is 23.3. The summed E-state index contributed by atoms with van der Waals surface area (Å²) < 4.78 is 10.9. The van der Waals surface area contributed by atoms with E-state index in [1.165, 1.54) is 0 Å². The highest BCUT2D eigenvalue weighted by molar-refractivity contribution is 5.81. The quantitative estimate of drug-likeness (QED) is 0.475. The van der Waals surface area contributed by atoms with E-state index in [4.69, 9.17) is 14.6 Å². The molecule has 33 heavy (non-hydrogen) atoms. The molecule has 0 radical (unpaired) electrons. The molecular formula is C24H26N2O7. The predicted octanol–water partition coefficient (Wildman–Crippen LogP) is 1.49. The fraction of sp³-hybridized carbons (Fsp3) is 0.375. The van der Waals surface area contributed by atoms with E-state index < -0.39 is 30.1 Å². The Kier molecular flexibility index (Phi) is 6.90. The van der Waals surface area contributed by atoms with Gasteiger partial charge in [0.1, 0.15) is 6.61 Å². The van der Waals surface area contributed by atoms with Crippen LogP contribution in [0.4, 0.5) is 4.79 Å². The summed E-state index contributed by atoms with van der Waals surface area (Å²) in [6.07, 6.45) is -2.29. The number of carboxylic acid groups (broad SMARTS) is 1. The fourth-order valence-corrected chi connectivity index (χ4v) is 4.33. The van der Waals surface area contributed by atoms with E-state index in [1.54, 1.807) is 0 Å². The van der Waals surface area contributed by atoms with Crippen molar-refractivity contribution in [3.8, 4) is 11.1 Å². The maximum Gasteiger partial charge on any atom is 0.407 e. The van der Waals surface area contributed by atoms with Crippen LogP contribution in [0.2, 0.25) is 0 Å². The normalized spacial score (nSPS) is 19.9. The van der Waals surface area contributed by atoms with Gasteiger partial charge in [-0.15, -0.1) is 0 Å². The summed E-state index contributed by atoms with van der Waals surface area (Å²) >= 11 is 0. The number of hydrogen-bond acceptors (Lipinski definition) is 6. The molecule has 9 heteroatoms. The van der Waals surface area contributed by atoms with Crippen molar-refractivity contribution in [2.24, 2.45) is 5.92 Å². The van der Waals surface area contributed by atoms with Crippen molar-refractivity contribution < 1.29 is 34.1 Å². The Labute approximate surface area is 190 Å². The van der Waals surface area contributed by atoms with Gasteiger partial charge < -0.3 is 30.3 Å². The molecule has 2 aromatic carbocycles. The van der Waals surface area contributed by atoms with Crippen molar-refractivity contribution in [1.29, 1.82) is 0 Å². The van der Waals surface area contributed by atoms with Crippen LogP contribution >= 0.6 is 0 Å². The van der Waals surface area contributed by atoms with Gasteiger partial charge in [0.25, 0.3) is 0 Å². The van der Waals surface area contributed by atoms with Crippen molar-refractivity contribution in [2.45, 2.75) is 24.5 Å². The zero-order chi connectivity index (χ0) is 23.4. The van der Waals surface area contributed by atoms with Crippen molar-refractivity contribution in [3.05, 3.63) is 59.7 Å². The highest BCUT2D eigenvalue weighted by Gasteiger charge is 2.36. The molecule has 174 valence electrons. The number of carbonyl (C=O) groups is 3. The van der Waals surface area contributed by atoms with E-state index in [-0.39, 0.29) is 44.6 Å². The summed E-state index contributed by atoms with van der Waals surface area (Å²) in [5.41, 5.74) is 4.49. The maximum absolute atomic E-state index is 12.5. The van der Waals surface area contributed by atoms with Gasteiger partial charge in [-0.05, 0) is 22.3 Å². The van der Waals surface area contributed by atoms with Crippen LogP contribution in [-0.2, 0) is 19.1 Å². The second-order valence-corrected chi connectivity index (χ2v) is 8.15. The summed E-state index contributed by atoms with van der Waals surface area (Å²) in [6, 6.07) is 15.5. The average Bonchev–Trinajstić information content (AvgIpc) is 3.40. The van der Waals surface area contributed by atoms with Gasteiger partial charge in [-0.3, -0.25) is 4.79 Å². The topological polar surface area (TPSA) is 134 Å². The SMILES string of the molecule is O=C(NC1COCC1C(=O)NCCC(O)C(=O)O)OCC1c2ccccc2-c2ccccc21. The molecular weight excluding hydrogens is 428 g/mol. The number of carboxylic acids is 1. The fourth-order valence-electron chi connectivity index (χ4n) is 4.33. The summed E-state index contributed by atoms with van der Waals surface area (Å²) in [5.74, 6) is -2.42. The van der Waals surface area contributed by atoms with Crippen LogP contribution in [-0.4, -0.2) is 66.7 Å². The standard InChI is InChI=1S/C24H26N2O7/c27-21(23(29)30)9-10-25-22(28)19-11-32-13-20(19)26-24(31)33-12-18-16-7-3-1-5-14(16)15-6-2-4-8-17(15)18/h1-8,18-21,27H,9-13H2,(H,25,28)(H,26,31)(H,29,30). The minimum absolute atomic E-state index is 0.000461. The lowest BCUT2D eigenvalue weighted by Gasteiger charge is -2.20. The Morgan fingerprint density at radius 3 is 2.30 bits per heavy atom. The molecule has 2 aromatic rings. The number of ether oxygens (including phenoxy) is 2. The molecule has 2 amide bonds. The highest BCUT2D eigenvalue weighted by atomic mass is 16.5. The van der Waals surface area contributed by atoms with Gasteiger partial charge in [0.05, 0.1) is 25.2 Å². The van der Waals surface area contributed by atoms with Gasteiger partial charge in [-0.1, -0.05) is 48.5 Å². The van der Waals surface area contributed by atoms with Crippen LogP contribution in [0.15, 0.2) is 48.5 Å². The van der Waals surface area contributed by atoms with Crippen molar-refractivity contribution in [2.75, 3.05) is 26.4 Å². The number of amides is 2. The molecule has 4 rings (SSSR count). The zero-order valence-electron chi connectivity index (χ0n) is 17.9. The molecule has 0 aromatic heterocycles. The van der Waals surface area contributed by atoms with E-state index in [0.717, 1.165) is 22.3 Å². The van der Waals surface area contributed by atoms with E-state index in [1.807, 2.05) is 36.4 Å². The average molecular weight is 454 g/mol. The first kappa shape index (κ1) is 22.8. The van der Waals surface area contributed by atoms with Crippen molar-refractivity contribution in [3.63, 3.8) is 0 Å². The lowest BCUT2D eigenvalue weighted by molar-refractivity contribution is -0.147. The molecule has 1 heterocycles. The number of alkyl carbamates (subject to hydrolysis) is 1. The van der Waals surface area contributed by atoms with Gasteiger partial charge in [0, 0.05) is 18.9 Å². The molecule has 0 bridgehead atoms. The Balaban J connectivity index is 1.31. The molecule has 1 aliphatic carbocycles. The van der Waals surface area contributed by atoms with Gasteiger partial charge >= 0.3 is 12.1 Å². The number of benzene rings is 2. The first-order valence-corrected chi connectivity index (χ1v) is 10.8. The molecule has 3 unspecified atom stereocenters. The van der Waals surface area contributed by atoms with Gasteiger partial charge in [-0.2, -0.15) is 0 Å². The zero-order valence-corrected chi connectivity index (χ0v) is 17.9. The minimum Gasteiger partial charge on any atom is -0.479 e. The number of hydrogen-bond donors (Lipinski definition) is 4. The molecule has 1 fully saturated rings. The lowest BCUT2D eigenvalue weighted by atomic mass is 9.98. The van der Waals surface area contributed by atoms with E-state index in [0.29, 0.717) is 0 Å². The second kappa shape index (κ2) is 10.0. The van der Waals surface area contributed by atoms with Crippen LogP contribution in [0.1, 0.15) is 23.5 Å². The third-order valence-corrected chi connectivity index (χ3v) is 6.07. The number of carbonyl (C=O) groups excluding carboxylic acids is 2. The molecule has 0 saturated carbocycles. The molecule has 2 aliphatic rings. The van der Waals surface area contributed by atoms with Crippen molar-refractivity contribution in [1.82, 2.24) is 10.6 Å².